The molecular formula is C19H19ClN4. The number of benzene rings is 2. The summed E-state index contributed by atoms with van der Waals surface area (Å²) in [6.07, 6.45) is 3.94. The molecule has 0 bridgehead atoms. The number of piperidine rings is 1. The number of rotatable bonds is 3. The summed E-state index contributed by atoms with van der Waals surface area (Å²) in [5, 5.41) is 5.39. The third-order valence-electron chi connectivity index (χ3n) is 4.44. The number of fused-ring (bicyclic) bond motifs is 1. The van der Waals surface area contributed by atoms with Crippen LogP contribution in [0.3, 0.4) is 0 Å². The van der Waals surface area contributed by atoms with Crippen molar-refractivity contribution in [2.24, 2.45) is 0 Å². The lowest BCUT2D eigenvalue weighted by atomic mass is 10.0. The number of halogens is 1. The second-order valence-electron chi connectivity index (χ2n) is 6.15. The van der Waals surface area contributed by atoms with Crippen molar-refractivity contribution in [3.05, 3.63) is 59.9 Å². The first-order valence-electron chi connectivity index (χ1n) is 8.26. The maximum atomic E-state index is 6.09. The summed E-state index contributed by atoms with van der Waals surface area (Å²) in [5.74, 6) is 0.997. The normalized spacial score (nSPS) is 17.9. The molecular weight excluding hydrogens is 320 g/mol. The fraction of sp³-hybridized carbons (Fsp3) is 0.263. The molecule has 1 aliphatic rings. The largest absolute Gasteiger partial charge is 0.381 e. The first-order chi connectivity index (χ1) is 11.8. The molecule has 122 valence electrons. The zero-order valence-corrected chi connectivity index (χ0v) is 14.1. The zero-order valence-electron chi connectivity index (χ0n) is 13.3. The lowest BCUT2D eigenvalue weighted by molar-refractivity contribution is 0.527. The minimum Gasteiger partial charge on any atom is -0.381 e. The van der Waals surface area contributed by atoms with Crippen molar-refractivity contribution >= 4 is 34.0 Å². The monoisotopic (exact) mass is 338 g/mol. The van der Waals surface area contributed by atoms with Crippen molar-refractivity contribution in [2.45, 2.75) is 18.9 Å². The molecule has 0 spiro atoms. The summed E-state index contributed by atoms with van der Waals surface area (Å²) in [5.41, 5.74) is 2.06. The predicted molar refractivity (Wildman–Crippen MR) is 99.8 cm³/mol. The number of nitrogens with zero attached hydrogens (tertiary/aromatic N) is 3. The van der Waals surface area contributed by atoms with E-state index in [1.54, 1.807) is 6.33 Å². The summed E-state index contributed by atoms with van der Waals surface area (Å²) >= 11 is 6.09. The van der Waals surface area contributed by atoms with Gasteiger partial charge in [0.05, 0.1) is 5.52 Å². The van der Waals surface area contributed by atoms with E-state index in [0.29, 0.717) is 11.1 Å². The Morgan fingerprint density at radius 3 is 2.83 bits per heavy atom. The van der Waals surface area contributed by atoms with Gasteiger partial charge in [-0.25, -0.2) is 9.97 Å². The van der Waals surface area contributed by atoms with Crippen LogP contribution in [0.4, 0.5) is 11.5 Å². The van der Waals surface area contributed by atoms with Gasteiger partial charge in [-0.15, -0.1) is 0 Å². The van der Waals surface area contributed by atoms with Gasteiger partial charge in [0.25, 0.3) is 0 Å². The van der Waals surface area contributed by atoms with Crippen molar-refractivity contribution in [1.29, 1.82) is 0 Å². The molecule has 1 saturated heterocycles. The number of anilines is 2. The number of aromatic nitrogens is 2. The lowest BCUT2D eigenvalue weighted by Gasteiger charge is -2.35. The summed E-state index contributed by atoms with van der Waals surface area (Å²) in [6.45, 7) is 1.95. The molecule has 3 aromatic rings. The minimum atomic E-state index is 0.415. The highest BCUT2D eigenvalue weighted by atomic mass is 35.5. The molecule has 4 nitrogen and oxygen atoms in total. The lowest BCUT2D eigenvalue weighted by Crippen LogP contribution is -2.42. The minimum absolute atomic E-state index is 0.415. The summed E-state index contributed by atoms with van der Waals surface area (Å²) in [4.78, 5) is 11.2. The molecule has 1 N–H and O–H groups in total. The summed E-state index contributed by atoms with van der Waals surface area (Å²) in [7, 11) is 0. The number of para-hydroxylation sites is 1. The van der Waals surface area contributed by atoms with Crippen LogP contribution in [-0.4, -0.2) is 29.1 Å². The van der Waals surface area contributed by atoms with E-state index in [0.717, 1.165) is 36.2 Å². The Morgan fingerprint density at radius 2 is 1.96 bits per heavy atom. The zero-order chi connectivity index (χ0) is 16.4. The highest BCUT2D eigenvalue weighted by Gasteiger charge is 2.22. The van der Waals surface area contributed by atoms with E-state index in [4.69, 9.17) is 11.6 Å². The van der Waals surface area contributed by atoms with Gasteiger partial charge < -0.3 is 10.2 Å². The van der Waals surface area contributed by atoms with Gasteiger partial charge in [-0.05, 0) is 43.2 Å². The molecule has 1 aliphatic heterocycles. The molecule has 2 heterocycles. The SMILES string of the molecule is Clc1ccc2c(N3CCCC(Nc4ccccc4)C3)ncnc2c1. The maximum Gasteiger partial charge on any atom is 0.139 e. The van der Waals surface area contributed by atoms with Crippen LogP contribution >= 0.6 is 11.6 Å². The van der Waals surface area contributed by atoms with Crippen LogP contribution < -0.4 is 10.2 Å². The standard InChI is InChI=1S/C19H19ClN4/c20-14-8-9-17-18(11-14)21-13-22-19(17)24-10-4-7-16(12-24)23-15-5-2-1-3-6-15/h1-3,5-6,8-9,11,13,16,23H,4,7,10,12H2. The van der Waals surface area contributed by atoms with E-state index < -0.39 is 0 Å². The molecule has 0 aliphatic carbocycles. The molecule has 0 radical (unpaired) electrons. The Hall–Kier alpha value is -2.33. The fourth-order valence-corrected chi connectivity index (χ4v) is 3.49. The number of hydrogen-bond acceptors (Lipinski definition) is 4. The van der Waals surface area contributed by atoms with Gasteiger partial charge in [0.15, 0.2) is 0 Å². The highest BCUT2D eigenvalue weighted by Crippen LogP contribution is 2.28. The molecule has 1 aromatic heterocycles. The number of hydrogen-bond donors (Lipinski definition) is 1. The van der Waals surface area contributed by atoms with Crippen LogP contribution in [0, 0.1) is 0 Å². The van der Waals surface area contributed by atoms with Crippen LogP contribution in [0.1, 0.15) is 12.8 Å². The van der Waals surface area contributed by atoms with Crippen molar-refractivity contribution in [3.8, 4) is 0 Å². The molecule has 4 rings (SSSR count). The van der Waals surface area contributed by atoms with E-state index in [9.17, 15) is 0 Å². The average Bonchev–Trinajstić information content (AvgIpc) is 2.62. The quantitative estimate of drug-likeness (QED) is 0.770. The van der Waals surface area contributed by atoms with Crippen LogP contribution in [0.25, 0.3) is 10.9 Å². The van der Waals surface area contributed by atoms with Gasteiger partial charge in [0, 0.05) is 35.2 Å². The molecule has 0 amide bonds. The highest BCUT2D eigenvalue weighted by molar-refractivity contribution is 6.31. The van der Waals surface area contributed by atoms with Gasteiger partial charge in [-0.3, -0.25) is 0 Å². The molecule has 1 unspecified atom stereocenters. The third kappa shape index (κ3) is 3.15. The van der Waals surface area contributed by atoms with Crippen molar-refractivity contribution in [2.75, 3.05) is 23.3 Å². The third-order valence-corrected chi connectivity index (χ3v) is 4.68. The number of nitrogens with one attached hydrogen (secondary N) is 1. The van der Waals surface area contributed by atoms with Crippen LogP contribution in [-0.2, 0) is 0 Å². The predicted octanol–water partition coefficient (Wildman–Crippen LogP) is 4.36. The van der Waals surface area contributed by atoms with Crippen LogP contribution in [0.2, 0.25) is 5.02 Å². The van der Waals surface area contributed by atoms with Crippen LogP contribution in [0.15, 0.2) is 54.9 Å². The van der Waals surface area contributed by atoms with Crippen molar-refractivity contribution in [3.63, 3.8) is 0 Å². The van der Waals surface area contributed by atoms with Gasteiger partial charge in [-0.2, -0.15) is 0 Å². The van der Waals surface area contributed by atoms with E-state index >= 15 is 0 Å². The Labute approximate surface area is 146 Å². The van der Waals surface area contributed by atoms with Gasteiger partial charge in [0.2, 0.25) is 0 Å². The van der Waals surface area contributed by atoms with Crippen molar-refractivity contribution < 1.29 is 0 Å². The Balaban J connectivity index is 1.58. The second kappa shape index (κ2) is 6.65. The second-order valence-corrected chi connectivity index (χ2v) is 6.59. The Morgan fingerprint density at radius 1 is 1.08 bits per heavy atom. The van der Waals surface area contributed by atoms with E-state index in [2.05, 4.69) is 44.5 Å². The van der Waals surface area contributed by atoms with Crippen molar-refractivity contribution in [1.82, 2.24) is 9.97 Å². The molecule has 1 atom stereocenters. The first-order valence-corrected chi connectivity index (χ1v) is 8.64. The molecule has 1 fully saturated rings. The van der Waals surface area contributed by atoms with Gasteiger partial charge in [-0.1, -0.05) is 29.8 Å². The first kappa shape index (κ1) is 15.2. The summed E-state index contributed by atoms with van der Waals surface area (Å²) < 4.78 is 0. The topological polar surface area (TPSA) is 41.0 Å². The molecule has 2 aromatic carbocycles. The smallest absolute Gasteiger partial charge is 0.139 e. The van der Waals surface area contributed by atoms with Gasteiger partial charge in [0.1, 0.15) is 12.1 Å². The average molecular weight is 339 g/mol. The Kier molecular flexibility index (Phi) is 4.22. The molecule has 5 heteroatoms. The molecule has 0 saturated carbocycles. The van der Waals surface area contributed by atoms with Gasteiger partial charge >= 0.3 is 0 Å². The van der Waals surface area contributed by atoms with E-state index in [-0.39, 0.29) is 0 Å². The van der Waals surface area contributed by atoms with E-state index in [1.807, 2.05) is 24.3 Å². The fourth-order valence-electron chi connectivity index (χ4n) is 3.33. The Bertz CT molecular complexity index is 837. The maximum absolute atomic E-state index is 6.09. The van der Waals surface area contributed by atoms with E-state index in [1.165, 1.54) is 12.1 Å². The summed E-state index contributed by atoms with van der Waals surface area (Å²) in [6, 6.07) is 16.6. The van der Waals surface area contributed by atoms with Crippen LogP contribution in [0.5, 0.6) is 0 Å². The molecule has 24 heavy (non-hydrogen) atoms.